The van der Waals surface area contributed by atoms with Crippen LogP contribution in [0.4, 0.5) is 17.2 Å². The van der Waals surface area contributed by atoms with Crippen molar-refractivity contribution in [2.45, 2.75) is 40.2 Å². The van der Waals surface area contributed by atoms with E-state index in [9.17, 15) is 4.79 Å². The van der Waals surface area contributed by atoms with Gasteiger partial charge in [-0.1, -0.05) is 6.92 Å². The Hall–Kier alpha value is -2.56. The molecule has 1 aromatic heterocycles. The molecule has 1 amide bonds. The molecule has 5 nitrogen and oxygen atoms in total. The van der Waals surface area contributed by atoms with Gasteiger partial charge in [0.1, 0.15) is 5.82 Å². The van der Waals surface area contributed by atoms with Gasteiger partial charge in [-0.2, -0.15) is 0 Å². The summed E-state index contributed by atoms with van der Waals surface area (Å²) in [7, 11) is 0. The van der Waals surface area contributed by atoms with Crippen LogP contribution in [0.5, 0.6) is 0 Å². The Balaban J connectivity index is 2.00. The summed E-state index contributed by atoms with van der Waals surface area (Å²) in [6.45, 7) is 10.3. The van der Waals surface area contributed by atoms with Gasteiger partial charge in [0.25, 0.3) is 5.91 Å². The Morgan fingerprint density at radius 2 is 1.76 bits per heavy atom. The average Bonchev–Trinajstić information content (AvgIpc) is 2.64. The Labute approximate surface area is 150 Å². The van der Waals surface area contributed by atoms with Gasteiger partial charge in [-0.05, 0) is 63.6 Å². The summed E-state index contributed by atoms with van der Waals surface area (Å²) in [6, 6.07) is 12.1. The molecular formula is C20H28N4O. The highest BCUT2D eigenvalue weighted by molar-refractivity contribution is 5.94. The summed E-state index contributed by atoms with van der Waals surface area (Å²) in [6.07, 6.45) is 2.51. The van der Waals surface area contributed by atoms with Crippen LogP contribution in [0.25, 0.3) is 0 Å². The minimum atomic E-state index is -0.0861. The van der Waals surface area contributed by atoms with Crippen LogP contribution < -0.4 is 15.5 Å². The number of carbonyl (C=O) groups is 1. The molecule has 0 fully saturated rings. The molecule has 0 bridgehead atoms. The van der Waals surface area contributed by atoms with E-state index in [4.69, 9.17) is 0 Å². The summed E-state index contributed by atoms with van der Waals surface area (Å²) in [5.74, 6) is 0.632. The number of amides is 1. The van der Waals surface area contributed by atoms with Crippen molar-refractivity contribution in [2.24, 2.45) is 0 Å². The van der Waals surface area contributed by atoms with Gasteiger partial charge < -0.3 is 15.5 Å². The highest BCUT2D eigenvalue weighted by Gasteiger charge is 2.09. The molecule has 0 saturated carbocycles. The number of rotatable bonds is 8. The topological polar surface area (TPSA) is 57.3 Å². The van der Waals surface area contributed by atoms with E-state index in [-0.39, 0.29) is 11.9 Å². The van der Waals surface area contributed by atoms with Crippen molar-refractivity contribution in [1.29, 1.82) is 0 Å². The second-order valence-electron chi connectivity index (χ2n) is 6.06. The number of pyridine rings is 1. The molecule has 1 aromatic carbocycles. The van der Waals surface area contributed by atoms with Crippen molar-refractivity contribution in [3.8, 4) is 0 Å². The van der Waals surface area contributed by atoms with Gasteiger partial charge in [0.15, 0.2) is 0 Å². The minimum absolute atomic E-state index is 0.0861. The maximum Gasteiger partial charge on any atom is 0.253 e. The molecule has 0 spiro atoms. The first-order valence-corrected chi connectivity index (χ1v) is 8.96. The van der Waals surface area contributed by atoms with Crippen molar-refractivity contribution in [3.05, 3.63) is 48.2 Å². The zero-order valence-corrected chi connectivity index (χ0v) is 15.5. The summed E-state index contributed by atoms with van der Waals surface area (Å²) >= 11 is 0. The number of hydrogen-bond acceptors (Lipinski definition) is 4. The number of nitrogens with one attached hydrogen (secondary N) is 2. The van der Waals surface area contributed by atoms with Crippen molar-refractivity contribution in [2.75, 3.05) is 23.3 Å². The summed E-state index contributed by atoms with van der Waals surface area (Å²) < 4.78 is 0. The number of anilines is 3. The van der Waals surface area contributed by atoms with E-state index in [1.807, 2.05) is 32.0 Å². The second kappa shape index (κ2) is 9.06. The quantitative estimate of drug-likeness (QED) is 0.756. The van der Waals surface area contributed by atoms with Crippen molar-refractivity contribution >= 4 is 23.1 Å². The molecule has 134 valence electrons. The van der Waals surface area contributed by atoms with Gasteiger partial charge in [0, 0.05) is 36.7 Å². The molecule has 5 heteroatoms. The highest BCUT2D eigenvalue weighted by atomic mass is 16.1. The first kappa shape index (κ1) is 18.8. The maximum atomic E-state index is 12.1. The third-order valence-corrected chi connectivity index (χ3v) is 4.28. The molecule has 1 unspecified atom stereocenters. The lowest BCUT2D eigenvalue weighted by molar-refractivity contribution is 0.0939. The molecule has 0 saturated heterocycles. The molecule has 1 atom stereocenters. The van der Waals surface area contributed by atoms with Crippen LogP contribution in [-0.2, 0) is 0 Å². The predicted molar refractivity (Wildman–Crippen MR) is 105 cm³/mol. The lowest BCUT2D eigenvalue weighted by Crippen LogP contribution is -2.31. The number of benzene rings is 1. The van der Waals surface area contributed by atoms with Crippen LogP contribution in [-0.4, -0.2) is 30.0 Å². The lowest BCUT2D eigenvalue weighted by Gasteiger charge is -2.21. The van der Waals surface area contributed by atoms with E-state index in [1.165, 1.54) is 5.69 Å². The maximum absolute atomic E-state index is 12.1. The van der Waals surface area contributed by atoms with E-state index in [0.717, 1.165) is 31.0 Å². The minimum Gasteiger partial charge on any atom is -0.372 e. The van der Waals surface area contributed by atoms with Gasteiger partial charge in [-0.15, -0.1) is 0 Å². The SMILES string of the molecule is CCC(C)NC(=O)c1ccc(Nc2ccc(N(CC)CC)cc2)nc1. The fourth-order valence-corrected chi connectivity index (χ4v) is 2.50. The van der Waals surface area contributed by atoms with Crippen molar-refractivity contribution in [3.63, 3.8) is 0 Å². The predicted octanol–water partition coefficient (Wildman–Crippen LogP) is 4.20. The van der Waals surface area contributed by atoms with Crippen LogP contribution in [0.15, 0.2) is 42.6 Å². The van der Waals surface area contributed by atoms with E-state index in [1.54, 1.807) is 12.3 Å². The summed E-state index contributed by atoms with van der Waals surface area (Å²) in [4.78, 5) is 18.7. The van der Waals surface area contributed by atoms with Crippen molar-refractivity contribution in [1.82, 2.24) is 10.3 Å². The molecule has 25 heavy (non-hydrogen) atoms. The standard InChI is InChI=1S/C20H28N4O/c1-5-15(4)22-20(25)16-8-13-19(21-14-16)23-17-9-11-18(12-10-17)24(6-2)7-3/h8-15H,5-7H2,1-4H3,(H,21,23)(H,22,25). The van der Waals surface area contributed by atoms with Crippen LogP contribution in [0, 0.1) is 0 Å². The third kappa shape index (κ3) is 5.21. The molecule has 0 radical (unpaired) electrons. The number of hydrogen-bond donors (Lipinski definition) is 2. The zero-order valence-electron chi connectivity index (χ0n) is 15.5. The van der Waals surface area contributed by atoms with Crippen LogP contribution in [0.2, 0.25) is 0 Å². The lowest BCUT2D eigenvalue weighted by atomic mass is 10.2. The third-order valence-electron chi connectivity index (χ3n) is 4.28. The molecule has 0 aliphatic heterocycles. The van der Waals surface area contributed by atoms with E-state index >= 15 is 0 Å². The number of nitrogens with zero attached hydrogens (tertiary/aromatic N) is 2. The van der Waals surface area contributed by atoms with Crippen LogP contribution in [0.1, 0.15) is 44.5 Å². The smallest absolute Gasteiger partial charge is 0.253 e. The van der Waals surface area contributed by atoms with Gasteiger partial charge >= 0.3 is 0 Å². The van der Waals surface area contributed by atoms with Gasteiger partial charge in [0.05, 0.1) is 5.56 Å². The molecule has 1 heterocycles. The fourth-order valence-electron chi connectivity index (χ4n) is 2.50. The van der Waals surface area contributed by atoms with E-state index in [2.05, 4.69) is 46.5 Å². The number of aromatic nitrogens is 1. The molecule has 2 rings (SSSR count). The molecule has 2 N–H and O–H groups in total. The highest BCUT2D eigenvalue weighted by Crippen LogP contribution is 2.20. The average molecular weight is 340 g/mol. The summed E-state index contributed by atoms with van der Waals surface area (Å²) in [5, 5.41) is 6.20. The van der Waals surface area contributed by atoms with Crippen molar-refractivity contribution < 1.29 is 4.79 Å². The van der Waals surface area contributed by atoms with Crippen LogP contribution >= 0.6 is 0 Å². The first-order chi connectivity index (χ1) is 12.1. The van der Waals surface area contributed by atoms with Gasteiger partial charge in [-0.3, -0.25) is 4.79 Å². The van der Waals surface area contributed by atoms with Gasteiger partial charge in [-0.25, -0.2) is 4.98 Å². The molecule has 0 aliphatic rings. The summed E-state index contributed by atoms with van der Waals surface area (Å²) in [5.41, 5.74) is 2.75. The van der Waals surface area contributed by atoms with E-state index in [0.29, 0.717) is 5.56 Å². The monoisotopic (exact) mass is 340 g/mol. The second-order valence-corrected chi connectivity index (χ2v) is 6.06. The normalized spacial score (nSPS) is 11.7. The Kier molecular flexibility index (Phi) is 6.81. The zero-order chi connectivity index (χ0) is 18.2. The largest absolute Gasteiger partial charge is 0.372 e. The molecular weight excluding hydrogens is 312 g/mol. The Morgan fingerprint density at radius 1 is 1.08 bits per heavy atom. The van der Waals surface area contributed by atoms with E-state index < -0.39 is 0 Å². The fraction of sp³-hybridized carbons (Fsp3) is 0.400. The Morgan fingerprint density at radius 3 is 2.28 bits per heavy atom. The number of carbonyl (C=O) groups excluding carboxylic acids is 1. The first-order valence-electron chi connectivity index (χ1n) is 8.96. The van der Waals surface area contributed by atoms with Gasteiger partial charge in [0.2, 0.25) is 0 Å². The van der Waals surface area contributed by atoms with Crippen LogP contribution in [0.3, 0.4) is 0 Å². The molecule has 2 aromatic rings. The Bertz CT molecular complexity index is 663. The molecule has 0 aliphatic carbocycles.